The Morgan fingerprint density at radius 2 is 1.46 bits per heavy atom. The van der Waals surface area contributed by atoms with Gasteiger partial charge in [-0.1, -0.05) is 45.0 Å². The number of likely N-dealkylation sites (N-methyl/N-ethyl adjacent to an activating group) is 1. The Morgan fingerprint density at radius 1 is 0.836 bits per heavy atom. The van der Waals surface area contributed by atoms with Gasteiger partial charge in [0, 0.05) is 43.2 Å². The number of ether oxygens (including phenoxy) is 3. The smallest absolute Gasteiger partial charge is 0.252 e. The quantitative estimate of drug-likeness (QED) is 0.0796. The molecule has 5 amide bonds. The number of benzene rings is 4. The Balaban J connectivity index is 1.54. The Kier molecular flexibility index (Phi) is 17.5. The van der Waals surface area contributed by atoms with Crippen molar-refractivity contribution in [2.24, 2.45) is 17.2 Å². The fourth-order valence-corrected chi connectivity index (χ4v) is 7.67. The molecule has 10 N–H and O–H groups in total. The summed E-state index contributed by atoms with van der Waals surface area (Å²) in [6.07, 6.45) is 0.0245. The summed E-state index contributed by atoms with van der Waals surface area (Å²) in [5, 5.41) is 20.0. The Bertz CT molecular complexity index is 2480. The maximum absolute atomic E-state index is 14.7. The largest absolute Gasteiger partial charge is 0.492 e. The molecule has 0 fully saturated rings. The molecule has 17 nitrogen and oxygen atoms in total. The highest BCUT2D eigenvalue weighted by Crippen LogP contribution is 2.40. The molecule has 1 aliphatic rings. The molecule has 0 spiro atoms. The van der Waals surface area contributed by atoms with E-state index in [4.69, 9.17) is 31.4 Å². The molecule has 0 radical (unpaired) electrons. The molecule has 0 aromatic heterocycles. The highest BCUT2D eigenvalue weighted by Gasteiger charge is 2.36. The molecule has 67 heavy (non-hydrogen) atoms. The maximum Gasteiger partial charge on any atom is 0.252 e. The molecule has 0 saturated carbocycles. The van der Waals surface area contributed by atoms with Crippen molar-refractivity contribution in [2.75, 3.05) is 46.4 Å². The van der Waals surface area contributed by atoms with Crippen molar-refractivity contribution >= 4 is 29.5 Å². The van der Waals surface area contributed by atoms with Crippen molar-refractivity contribution < 1.29 is 38.2 Å². The summed E-state index contributed by atoms with van der Waals surface area (Å²) < 4.78 is 18.4. The fourth-order valence-electron chi connectivity index (χ4n) is 7.67. The summed E-state index contributed by atoms with van der Waals surface area (Å²) in [4.78, 5) is 71.7. The lowest BCUT2D eigenvalue weighted by atomic mass is 9.87. The molecular formula is C50H63N9O8. The second-order valence-electron chi connectivity index (χ2n) is 17.4. The number of nitrogens with zero attached hydrogens (tertiary/aromatic N) is 2. The van der Waals surface area contributed by atoms with Gasteiger partial charge in [-0.25, -0.2) is 0 Å². The van der Waals surface area contributed by atoms with E-state index in [9.17, 15) is 29.2 Å². The van der Waals surface area contributed by atoms with Gasteiger partial charge in [-0.15, -0.1) is 0 Å². The van der Waals surface area contributed by atoms with Crippen molar-refractivity contribution in [3.8, 4) is 40.2 Å². The van der Waals surface area contributed by atoms with Crippen LogP contribution in [0.15, 0.2) is 72.8 Å². The van der Waals surface area contributed by atoms with E-state index in [2.05, 4.69) is 42.0 Å². The molecule has 0 aliphatic carbocycles. The van der Waals surface area contributed by atoms with Crippen molar-refractivity contribution in [1.29, 1.82) is 5.26 Å². The average molecular weight is 918 g/mol. The van der Waals surface area contributed by atoms with Crippen molar-refractivity contribution in [2.45, 2.75) is 84.0 Å². The van der Waals surface area contributed by atoms with Gasteiger partial charge in [0.25, 0.3) is 5.91 Å². The van der Waals surface area contributed by atoms with Crippen LogP contribution < -0.4 is 52.7 Å². The van der Waals surface area contributed by atoms with Gasteiger partial charge in [0.15, 0.2) is 0 Å². The highest BCUT2D eigenvalue weighted by atomic mass is 16.5. The minimum atomic E-state index is -1.39. The summed E-state index contributed by atoms with van der Waals surface area (Å²) in [5.74, 6) is -1.25. The molecule has 4 aromatic carbocycles. The van der Waals surface area contributed by atoms with Crippen LogP contribution in [0.25, 0.3) is 11.1 Å². The zero-order valence-electron chi connectivity index (χ0n) is 39.3. The van der Waals surface area contributed by atoms with E-state index in [1.807, 2.05) is 37.3 Å². The van der Waals surface area contributed by atoms with Crippen LogP contribution in [0.5, 0.6) is 23.0 Å². The van der Waals surface area contributed by atoms with Crippen LogP contribution in [0.4, 0.5) is 0 Å². The van der Waals surface area contributed by atoms with Gasteiger partial charge in [-0.3, -0.25) is 24.0 Å². The molecule has 0 unspecified atom stereocenters. The first-order valence-electron chi connectivity index (χ1n) is 22.3. The van der Waals surface area contributed by atoms with Gasteiger partial charge in [-0.2, -0.15) is 5.26 Å². The molecule has 4 bridgehead atoms. The first-order chi connectivity index (χ1) is 31.9. The number of fused-ring (bicyclic) bond motifs is 5. The first-order valence-corrected chi connectivity index (χ1v) is 22.3. The Labute approximate surface area is 392 Å². The lowest BCUT2D eigenvalue weighted by Gasteiger charge is -2.32. The molecule has 0 saturated heterocycles. The summed E-state index contributed by atoms with van der Waals surface area (Å²) in [6.45, 7) is 11.9. The van der Waals surface area contributed by atoms with Crippen LogP contribution in [-0.2, 0) is 31.0 Å². The molecule has 5 rings (SSSR count). The zero-order valence-corrected chi connectivity index (χ0v) is 39.3. The summed E-state index contributed by atoms with van der Waals surface area (Å²) >= 11 is 0. The molecule has 4 atom stereocenters. The van der Waals surface area contributed by atoms with Gasteiger partial charge in [0.05, 0.1) is 6.07 Å². The predicted octanol–water partition coefficient (Wildman–Crippen LogP) is 3.57. The van der Waals surface area contributed by atoms with E-state index in [1.165, 1.54) is 18.9 Å². The molecular weight excluding hydrogens is 855 g/mol. The summed E-state index contributed by atoms with van der Waals surface area (Å²) in [5.41, 5.74) is 22.4. The number of rotatable bonds is 16. The zero-order chi connectivity index (χ0) is 49.0. The van der Waals surface area contributed by atoms with Crippen molar-refractivity contribution in [3.63, 3.8) is 0 Å². The number of carbonyl (C=O) groups is 5. The minimum absolute atomic E-state index is 0.00385. The van der Waals surface area contributed by atoms with Crippen LogP contribution >= 0.6 is 0 Å². The van der Waals surface area contributed by atoms with Gasteiger partial charge in [-0.05, 0) is 115 Å². The fraction of sp³-hybridized carbons (Fsp3) is 0.400. The third-order valence-electron chi connectivity index (χ3n) is 11.5. The van der Waals surface area contributed by atoms with E-state index in [1.54, 1.807) is 55.5 Å². The molecule has 4 aromatic rings. The summed E-state index contributed by atoms with van der Waals surface area (Å²) in [7, 11) is 1.43. The monoisotopic (exact) mass is 917 g/mol. The van der Waals surface area contributed by atoms with E-state index < -0.39 is 53.7 Å². The van der Waals surface area contributed by atoms with Gasteiger partial charge < -0.3 is 57.6 Å². The highest BCUT2D eigenvalue weighted by molar-refractivity contribution is 6.00. The predicted molar refractivity (Wildman–Crippen MR) is 254 cm³/mol. The number of nitriles is 1. The molecule has 1 aliphatic heterocycles. The number of amides is 5. The lowest BCUT2D eigenvalue weighted by Crippen LogP contribution is -2.56. The normalized spacial score (nSPS) is 16.5. The van der Waals surface area contributed by atoms with E-state index in [-0.39, 0.29) is 57.6 Å². The third-order valence-corrected chi connectivity index (χ3v) is 11.5. The van der Waals surface area contributed by atoms with Crippen LogP contribution in [0.1, 0.15) is 78.3 Å². The number of carbonyl (C=O) groups excluding carboxylic acids is 5. The van der Waals surface area contributed by atoms with Gasteiger partial charge in [0.2, 0.25) is 23.6 Å². The van der Waals surface area contributed by atoms with E-state index in [0.29, 0.717) is 56.4 Å². The second kappa shape index (κ2) is 22.9. The number of hydrogen-bond donors (Lipinski definition) is 7. The van der Waals surface area contributed by atoms with Crippen LogP contribution in [0.3, 0.4) is 0 Å². The standard InChI is InChI=1S/C50H63N9O8/c1-29-30(2)41(67-35-12-10-34(11-13-35)50(4,5)6)17-14-36(29)46(61)57-39(18-19-51)49(64)59(7)44-33-9-16-43(66-25-22-54)38(28-33)37-26-32(8-15-42(37)65-24-21-53)27-40(47(62)55-23-20-52)58-45(60)31(3)56-48(44)63/h8-17,26,28,31,39-40,44H,18-19,21-25,27,51,53-54H2,1-7H3,(H,55,62)(H,56,63)(H,57,61)(H,58,60)/t31-,39-,40-,44-/m0/s1. The second-order valence-corrected chi connectivity index (χ2v) is 17.4. The maximum atomic E-state index is 14.7. The Hall–Kier alpha value is -7.00. The van der Waals surface area contributed by atoms with Crippen LogP contribution in [-0.4, -0.2) is 99.0 Å². The van der Waals surface area contributed by atoms with Crippen molar-refractivity contribution in [1.82, 2.24) is 26.2 Å². The number of nitrogens with one attached hydrogen (secondary N) is 4. The number of nitrogens with two attached hydrogens (primary N) is 3. The molecule has 1 heterocycles. The third kappa shape index (κ3) is 12.7. The minimum Gasteiger partial charge on any atom is -0.492 e. The van der Waals surface area contributed by atoms with Crippen LogP contribution in [0, 0.1) is 25.2 Å². The summed E-state index contributed by atoms with van der Waals surface area (Å²) in [6, 6.07) is 18.3. The first kappa shape index (κ1) is 51.0. The lowest BCUT2D eigenvalue weighted by molar-refractivity contribution is -0.141. The Morgan fingerprint density at radius 3 is 2.07 bits per heavy atom. The molecule has 17 heteroatoms. The van der Waals surface area contributed by atoms with Crippen molar-refractivity contribution in [3.05, 3.63) is 106 Å². The SMILES string of the molecule is Cc1c(Oc2ccc(C(C)(C)C)cc2)ccc(C(=O)N[C@@H](CCN)C(=O)N(C)[C@@H]2C(=O)N[C@@H](C)C(=O)N[C@H](C(=O)NCC#N)Cc3ccc(OCCN)c(c3)-c3cc2ccc3OCCN)c1C. The topological polar surface area (TPSA) is 266 Å². The van der Waals surface area contributed by atoms with Gasteiger partial charge >= 0.3 is 0 Å². The van der Waals surface area contributed by atoms with Crippen LogP contribution in [0.2, 0.25) is 0 Å². The average Bonchev–Trinajstić information content (AvgIpc) is 3.30. The van der Waals surface area contributed by atoms with E-state index in [0.717, 1.165) is 11.1 Å². The van der Waals surface area contributed by atoms with Gasteiger partial charge in [0.1, 0.15) is 66.9 Å². The van der Waals surface area contributed by atoms with E-state index >= 15 is 0 Å². The number of hydrogen-bond acceptors (Lipinski definition) is 12. The molecule has 356 valence electrons.